The van der Waals surface area contributed by atoms with Crippen molar-refractivity contribution in [2.45, 2.75) is 39.3 Å². The summed E-state index contributed by atoms with van der Waals surface area (Å²) in [5.41, 5.74) is 2.82. The number of nitrogens with one attached hydrogen (secondary N) is 2. The minimum atomic E-state index is -1.32. The first kappa shape index (κ1) is 27.5. The summed E-state index contributed by atoms with van der Waals surface area (Å²) < 4.78 is 5.77. The quantitative estimate of drug-likeness (QED) is 0.307. The predicted octanol–water partition coefficient (Wildman–Crippen LogP) is 4.01. The largest absolute Gasteiger partial charge is 0.489 e. The number of ether oxygens (including phenoxy) is 1. The van der Waals surface area contributed by atoms with E-state index in [2.05, 4.69) is 10.6 Å². The van der Waals surface area contributed by atoms with Crippen LogP contribution in [0.25, 0.3) is 0 Å². The maximum Gasteiger partial charge on any atom is 0.316 e. The molecule has 0 aliphatic heterocycles. The van der Waals surface area contributed by atoms with E-state index >= 15 is 0 Å². The molecule has 3 aromatic rings. The van der Waals surface area contributed by atoms with Crippen molar-refractivity contribution in [1.82, 2.24) is 10.6 Å². The summed E-state index contributed by atoms with van der Waals surface area (Å²) in [4.78, 5) is 37.6. The van der Waals surface area contributed by atoms with Crippen LogP contribution in [0.15, 0.2) is 84.9 Å². The highest BCUT2D eigenvalue weighted by Crippen LogP contribution is 2.18. The first-order valence-electron chi connectivity index (χ1n) is 12.4. The Kier molecular flexibility index (Phi) is 10.3. The van der Waals surface area contributed by atoms with Gasteiger partial charge in [-0.1, -0.05) is 86.6 Å². The van der Waals surface area contributed by atoms with E-state index in [-0.39, 0.29) is 18.2 Å². The van der Waals surface area contributed by atoms with E-state index in [0.29, 0.717) is 30.9 Å². The highest BCUT2D eigenvalue weighted by molar-refractivity contribution is 5.99. The van der Waals surface area contributed by atoms with Gasteiger partial charge in [-0.25, -0.2) is 0 Å². The van der Waals surface area contributed by atoms with Gasteiger partial charge in [0.2, 0.25) is 11.8 Å². The molecule has 2 amide bonds. The zero-order valence-electron chi connectivity index (χ0n) is 21.2. The van der Waals surface area contributed by atoms with Crippen molar-refractivity contribution in [2.24, 2.45) is 11.8 Å². The molecule has 0 aliphatic carbocycles. The van der Waals surface area contributed by atoms with E-state index in [1.54, 1.807) is 24.3 Å². The molecule has 0 fully saturated rings. The lowest BCUT2D eigenvalue weighted by Crippen LogP contribution is -2.52. The average Bonchev–Trinajstić information content (AvgIpc) is 2.90. The van der Waals surface area contributed by atoms with Crippen LogP contribution in [0.1, 0.15) is 30.5 Å². The molecular formula is C30H34N2O5. The van der Waals surface area contributed by atoms with Gasteiger partial charge in [-0.3, -0.25) is 14.4 Å². The number of rotatable bonds is 13. The van der Waals surface area contributed by atoms with Gasteiger partial charge >= 0.3 is 5.97 Å². The fourth-order valence-corrected chi connectivity index (χ4v) is 3.86. The Morgan fingerprint density at radius 1 is 0.784 bits per heavy atom. The van der Waals surface area contributed by atoms with Gasteiger partial charge < -0.3 is 20.5 Å². The summed E-state index contributed by atoms with van der Waals surface area (Å²) in [7, 11) is 0. The number of hydrogen-bond acceptors (Lipinski definition) is 4. The molecule has 2 unspecified atom stereocenters. The number of hydrogen-bond donors (Lipinski definition) is 3. The fraction of sp³-hybridized carbons (Fsp3) is 0.300. The van der Waals surface area contributed by atoms with Crippen molar-refractivity contribution in [3.8, 4) is 5.75 Å². The molecular weight excluding hydrogens is 468 g/mol. The SMILES string of the molecule is CC(C)C(NC(=O)C(Cc1ccc(OCc2ccccc2)cc1)C(=O)O)C(=O)NCCc1ccccc1. The maximum atomic E-state index is 12.9. The highest BCUT2D eigenvalue weighted by atomic mass is 16.5. The monoisotopic (exact) mass is 502 g/mol. The van der Waals surface area contributed by atoms with Gasteiger partial charge in [-0.05, 0) is 47.6 Å². The van der Waals surface area contributed by atoms with Gasteiger partial charge in [-0.2, -0.15) is 0 Å². The van der Waals surface area contributed by atoms with Gasteiger partial charge in [0, 0.05) is 6.54 Å². The topological polar surface area (TPSA) is 105 Å². The normalized spacial score (nSPS) is 12.4. The van der Waals surface area contributed by atoms with Crippen LogP contribution in [-0.2, 0) is 33.8 Å². The predicted molar refractivity (Wildman–Crippen MR) is 142 cm³/mol. The van der Waals surface area contributed by atoms with Gasteiger partial charge in [0.25, 0.3) is 0 Å². The van der Waals surface area contributed by atoms with E-state index in [0.717, 1.165) is 11.1 Å². The van der Waals surface area contributed by atoms with Crippen molar-refractivity contribution in [3.05, 3.63) is 102 Å². The van der Waals surface area contributed by atoms with Crippen LogP contribution in [0.3, 0.4) is 0 Å². The Morgan fingerprint density at radius 3 is 1.95 bits per heavy atom. The molecule has 194 valence electrons. The number of carbonyl (C=O) groups is 3. The standard InChI is InChI=1S/C30H34N2O5/c1-21(2)27(29(34)31-18-17-22-9-5-3-6-10-22)32-28(33)26(30(35)36)19-23-13-15-25(16-14-23)37-20-24-11-7-4-8-12-24/h3-16,21,26-27H,17-20H2,1-2H3,(H,31,34)(H,32,33)(H,35,36). The minimum Gasteiger partial charge on any atom is -0.489 e. The molecule has 3 aromatic carbocycles. The first-order chi connectivity index (χ1) is 17.8. The first-order valence-corrected chi connectivity index (χ1v) is 12.4. The van der Waals surface area contributed by atoms with Crippen molar-refractivity contribution < 1.29 is 24.2 Å². The van der Waals surface area contributed by atoms with E-state index in [4.69, 9.17) is 4.74 Å². The summed E-state index contributed by atoms with van der Waals surface area (Å²) >= 11 is 0. The van der Waals surface area contributed by atoms with Crippen LogP contribution in [0.4, 0.5) is 0 Å². The molecule has 3 N–H and O–H groups in total. The van der Waals surface area contributed by atoms with Crippen molar-refractivity contribution >= 4 is 17.8 Å². The molecule has 37 heavy (non-hydrogen) atoms. The zero-order valence-corrected chi connectivity index (χ0v) is 21.2. The van der Waals surface area contributed by atoms with E-state index < -0.39 is 23.8 Å². The third-order valence-electron chi connectivity index (χ3n) is 6.03. The lowest BCUT2D eigenvalue weighted by Gasteiger charge is -2.23. The van der Waals surface area contributed by atoms with Crippen LogP contribution in [0, 0.1) is 11.8 Å². The second-order valence-corrected chi connectivity index (χ2v) is 9.27. The molecule has 0 saturated carbocycles. The van der Waals surface area contributed by atoms with Crippen LogP contribution in [-0.4, -0.2) is 35.5 Å². The van der Waals surface area contributed by atoms with Gasteiger partial charge in [0.15, 0.2) is 0 Å². The lowest BCUT2D eigenvalue weighted by atomic mass is 9.96. The van der Waals surface area contributed by atoms with Crippen LogP contribution in [0.2, 0.25) is 0 Å². The van der Waals surface area contributed by atoms with E-state index in [1.165, 1.54) is 0 Å². The van der Waals surface area contributed by atoms with Crippen molar-refractivity contribution in [2.75, 3.05) is 6.54 Å². The Morgan fingerprint density at radius 2 is 1.38 bits per heavy atom. The second-order valence-electron chi connectivity index (χ2n) is 9.27. The Labute approximate surface area is 217 Å². The zero-order chi connectivity index (χ0) is 26.6. The van der Waals surface area contributed by atoms with Crippen LogP contribution in [0.5, 0.6) is 5.75 Å². The molecule has 0 aliphatic rings. The number of aliphatic carboxylic acids is 1. The number of carbonyl (C=O) groups excluding carboxylic acids is 2. The molecule has 0 aromatic heterocycles. The maximum absolute atomic E-state index is 12.9. The van der Waals surface area contributed by atoms with E-state index in [9.17, 15) is 19.5 Å². The summed E-state index contributed by atoms with van der Waals surface area (Å²) in [6.45, 7) is 4.46. The minimum absolute atomic E-state index is 0.000569. The average molecular weight is 503 g/mol. The van der Waals surface area contributed by atoms with Crippen molar-refractivity contribution in [1.29, 1.82) is 0 Å². The third-order valence-corrected chi connectivity index (χ3v) is 6.03. The molecule has 0 bridgehead atoms. The summed E-state index contributed by atoms with van der Waals surface area (Å²) in [6, 6.07) is 25.7. The Balaban J connectivity index is 1.55. The van der Waals surface area contributed by atoms with Gasteiger partial charge in [-0.15, -0.1) is 0 Å². The van der Waals surface area contributed by atoms with Crippen LogP contribution < -0.4 is 15.4 Å². The molecule has 0 saturated heterocycles. The number of benzene rings is 3. The summed E-state index contributed by atoms with van der Waals surface area (Å²) in [5.74, 6) is -3.15. The molecule has 7 nitrogen and oxygen atoms in total. The number of carboxylic acid groups (broad SMARTS) is 1. The van der Waals surface area contributed by atoms with Gasteiger partial charge in [0.1, 0.15) is 24.3 Å². The Hall–Kier alpha value is -4.13. The molecule has 3 rings (SSSR count). The smallest absolute Gasteiger partial charge is 0.316 e. The highest BCUT2D eigenvalue weighted by Gasteiger charge is 2.31. The molecule has 0 spiro atoms. The Bertz CT molecular complexity index is 1150. The van der Waals surface area contributed by atoms with Crippen molar-refractivity contribution in [3.63, 3.8) is 0 Å². The summed E-state index contributed by atoms with van der Waals surface area (Å²) in [5, 5.41) is 15.3. The fourth-order valence-electron chi connectivity index (χ4n) is 3.86. The lowest BCUT2D eigenvalue weighted by molar-refractivity contribution is -0.148. The number of amides is 2. The summed E-state index contributed by atoms with van der Waals surface area (Å²) in [6.07, 6.45) is 0.661. The van der Waals surface area contributed by atoms with E-state index in [1.807, 2.05) is 74.5 Å². The molecule has 0 radical (unpaired) electrons. The molecule has 0 heterocycles. The third kappa shape index (κ3) is 8.79. The number of carboxylic acids is 1. The van der Waals surface area contributed by atoms with Gasteiger partial charge in [0.05, 0.1) is 0 Å². The molecule has 7 heteroatoms. The van der Waals surface area contributed by atoms with Crippen LogP contribution >= 0.6 is 0 Å². The molecule has 2 atom stereocenters. The second kappa shape index (κ2) is 13.8.